The van der Waals surface area contributed by atoms with Gasteiger partial charge in [-0.05, 0) is 27.4 Å². The molecule has 90 valence electrons. The van der Waals surface area contributed by atoms with E-state index < -0.39 is 0 Å². The van der Waals surface area contributed by atoms with Crippen molar-refractivity contribution in [2.24, 2.45) is 0 Å². The minimum absolute atomic E-state index is 0.143. The van der Waals surface area contributed by atoms with Crippen molar-refractivity contribution in [2.45, 2.75) is 13.2 Å². The monoisotopic (exact) mass is 316 g/mol. The maximum atomic E-state index is 11.5. The molecule has 0 fully saturated rings. The highest BCUT2D eigenvalue weighted by atomic mass is 79.9. The van der Waals surface area contributed by atoms with Crippen LogP contribution in [0.5, 0.6) is 5.75 Å². The molecular formula is C11H9BrO4S. The van der Waals surface area contributed by atoms with Crippen LogP contribution in [0.3, 0.4) is 0 Å². The average molecular weight is 317 g/mol. The van der Waals surface area contributed by atoms with Gasteiger partial charge < -0.3 is 14.3 Å². The third-order valence-corrected chi connectivity index (χ3v) is 3.58. The third kappa shape index (κ3) is 3.18. The summed E-state index contributed by atoms with van der Waals surface area (Å²) in [7, 11) is 0. The second kappa shape index (κ2) is 5.48. The molecule has 0 saturated heterocycles. The zero-order valence-electron chi connectivity index (χ0n) is 8.68. The highest BCUT2D eigenvalue weighted by molar-refractivity contribution is 9.11. The molecule has 0 aliphatic carbocycles. The summed E-state index contributed by atoms with van der Waals surface area (Å²) in [6.07, 6.45) is 1.22. The van der Waals surface area contributed by atoms with E-state index in [0.29, 0.717) is 6.61 Å². The van der Waals surface area contributed by atoms with E-state index in [9.17, 15) is 4.79 Å². The molecule has 0 amide bonds. The molecule has 2 heterocycles. The van der Waals surface area contributed by atoms with Gasteiger partial charge in [-0.25, -0.2) is 0 Å². The normalized spacial score (nSPS) is 10.5. The average Bonchev–Trinajstić information content (AvgIpc) is 2.73. The van der Waals surface area contributed by atoms with Gasteiger partial charge in [0.15, 0.2) is 0 Å². The molecule has 0 unspecified atom stereocenters. The molecule has 0 aliphatic rings. The number of aliphatic hydroxyl groups is 1. The van der Waals surface area contributed by atoms with Gasteiger partial charge in [-0.3, -0.25) is 4.79 Å². The summed E-state index contributed by atoms with van der Waals surface area (Å²) in [6.45, 7) is 0.0122. The second-order valence-corrected chi connectivity index (χ2v) is 5.57. The van der Waals surface area contributed by atoms with Crippen LogP contribution >= 0.6 is 27.3 Å². The highest BCUT2D eigenvalue weighted by Crippen LogP contribution is 2.21. The standard InChI is InChI=1S/C11H9BrO4S/c12-11-1-7(6-17-11)4-16-10-5-15-8(3-13)2-9(10)14/h1-2,5-6,13H,3-4H2. The summed E-state index contributed by atoms with van der Waals surface area (Å²) in [5, 5.41) is 10.7. The van der Waals surface area contributed by atoms with Gasteiger partial charge in [0, 0.05) is 11.6 Å². The maximum Gasteiger partial charge on any atom is 0.227 e. The number of rotatable bonds is 4. The molecule has 2 aromatic heterocycles. The topological polar surface area (TPSA) is 59.7 Å². The Kier molecular flexibility index (Phi) is 3.98. The molecule has 0 spiro atoms. The Morgan fingerprint density at radius 2 is 2.29 bits per heavy atom. The molecule has 4 nitrogen and oxygen atoms in total. The lowest BCUT2D eigenvalue weighted by Gasteiger charge is -2.03. The van der Waals surface area contributed by atoms with E-state index >= 15 is 0 Å². The fourth-order valence-electron chi connectivity index (χ4n) is 1.21. The number of ether oxygens (including phenoxy) is 1. The number of halogens is 1. The first-order valence-electron chi connectivity index (χ1n) is 4.77. The molecule has 17 heavy (non-hydrogen) atoms. The minimum Gasteiger partial charge on any atom is -0.482 e. The lowest BCUT2D eigenvalue weighted by atomic mass is 10.3. The Labute approximate surface area is 110 Å². The summed E-state index contributed by atoms with van der Waals surface area (Å²) in [5.41, 5.74) is 0.683. The SMILES string of the molecule is O=c1cc(CO)occ1OCc1csc(Br)c1. The van der Waals surface area contributed by atoms with E-state index in [1.54, 1.807) is 11.3 Å². The van der Waals surface area contributed by atoms with Crippen LogP contribution < -0.4 is 10.2 Å². The summed E-state index contributed by atoms with van der Waals surface area (Å²) < 4.78 is 11.3. The van der Waals surface area contributed by atoms with Crippen molar-refractivity contribution in [3.8, 4) is 5.75 Å². The summed E-state index contributed by atoms with van der Waals surface area (Å²) >= 11 is 4.90. The lowest BCUT2D eigenvalue weighted by molar-refractivity contribution is 0.236. The van der Waals surface area contributed by atoms with E-state index in [1.807, 2.05) is 11.4 Å². The van der Waals surface area contributed by atoms with Crippen LogP contribution in [0.4, 0.5) is 0 Å². The van der Waals surface area contributed by atoms with Gasteiger partial charge in [0.1, 0.15) is 25.2 Å². The molecule has 0 atom stereocenters. The Bertz CT molecular complexity index is 561. The second-order valence-electron chi connectivity index (χ2n) is 3.28. The Morgan fingerprint density at radius 3 is 2.88 bits per heavy atom. The van der Waals surface area contributed by atoms with E-state index in [0.717, 1.165) is 9.35 Å². The zero-order chi connectivity index (χ0) is 12.3. The van der Waals surface area contributed by atoms with Crippen molar-refractivity contribution >= 4 is 27.3 Å². The Hall–Kier alpha value is -1.11. The first-order valence-corrected chi connectivity index (χ1v) is 6.44. The molecule has 1 N–H and O–H groups in total. The van der Waals surface area contributed by atoms with Crippen LogP contribution in [0.15, 0.2) is 36.8 Å². The number of hydrogen-bond acceptors (Lipinski definition) is 5. The summed E-state index contributed by atoms with van der Waals surface area (Å²) in [6, 6.07) is 3.15. The molecule has 0 aromatic carbocycles. The van der Waals surface area contributed by atoms with E-state index in [2.05, 4.69) is 15.9 Å². The van der Waals surface area contributed by atoms with Crippen LogP contribution in [0.2, 0.25) is 0 Å². The van der Waals surface area contributed by atoms with Crippen LogP contribution in [-0.4, -0.2) is 5.11 Å². The fourth-order valence-corrected chi connectivity index (χ4v) is 2.40. The van der Waals surface area contributed by atoms with Crippen molar-refractivity contribution in [3.63, 3.8) is 0 Å². The minimum atomic E-state index is -0.299. The van der Waals surface area contributed by atoms with Crippen LogP contribution in [0.1, 0.15) is 11.3 Å². The van der Waals surface area contributed by atoms with E-state index in [1.165, 1.54) is 12.3 Å². The Balaban J connectivity index is 2.06. The third-order valence-electron chi connectivity index (χ3n) is 2.02. The fraction of sp³-hybridized carbons (Fsp3) is 0.182. The van der Waals surface area contributed by atoms with Gasteiger partial charge in [-0.15, -0.1) is 11.3 Å². The van der Waals surface area contributed by atoms with E-state index in [-0.39, 0.29) is 23.5 Å². The molecule has 2 rings (SSSR count). The lowest BCUT2D eigenvalue weighted by Crippen LogP contribution is -2.07. The van der Waals surface area contributed by atoms with E-state index in [4.69, 9.17) is 14.3 Å². The van der Waals surface area contributed by atoms with Crippen LogP contribution in [-0.2, 0) is 13.2 Å². The van der Waals surface area contributed by atoms with Crippen molar-refractivity contribution in [3.05, 3.63) is 49.1 Å². The molecule has 0 aliphatic heterocycles. The predicted molar refractivity (Wildman–Crippen MR) is 67.3 cm³/mol. The van der Waals surface area contributed by atoms with Crippen LogP contribution in [0, 0.1) is 0 Å². The van der Waals surface area contributed by atoms with Crippen molar-refractivity contribution in [2.75, 3.05) is 0 Å². The van der Waals surface area contributed by atoms with Crippen LogP contribution in [0.25, 0.3) is 0 Å². The summed E-state index contributed by atoms with van der Waals surface area (Å²) in [5.74, 6) is 0.366. The van der Waals surface area contributed by atoms with Crippen molar-refractivity contribution < 1.29 is 14.3 Å². The van der Waals surface area contributed by atoms with Crippen molar-refractivity contribution in [1.29, 1.82) is 0 Å². The zero-order valence-corrected chi connectivity index (χ0v) is 11.1. The number of hydrogen-bond donors (Lipinski definition) is 1. The largest absolute Gasteiger partial charge is 0.482 e. The molecule has 2 aromatic rings. The highest BCUT2D eigenvalue weighted by Gasteiger charge is 2.05. The molecular weight excluding hydrogens is 308 g/mol. The number of thiophene rings is 1. The van der Waals surface area contributed by atoms with Gasteiger partial charge in [0.05, 0.1) is 3.79 Å². The maximum absolute atomic E-state index is 11.5. The van der Waals surface area contributed by atoms with Gasteiger partial charge in [0.2, 0.25) is 11.2 Å². The molecule has 0 saturated carbocycles. The quantitative estimate of drug-likeness (QED) is 0.941. The first-order chi connectivity index (χ1) is 8.19. The van der Waals surface area contributed by atoms with Crippen molar-refractivity contribution in [1.82, 2.24) is 0 Å². The first kappa shape index (κ1) is 12.3. The molecule has 6 heteroatoms. The van der Waals surface area contributed by atoms with Gasteiger partial charge in [-0.2, -0.15) is 0 Å². The Morgan fingerprint density at radius 1 is 1.47 bits per heavy atom. The predicted octanol–water partition coefficient (Wildman–Crippen LogP) is 2.54. The number of aliphatic hydroxyl groups excluding tert-OH is 1. The van der Waals surface area contributed by atoms with Gasteiger partial charge in [0.25, 0.3) is 0 Å². The van der Waals surface area contributed by atoms with Gasteiger partial charge >= 0.3 is 0 Å². The molecule has 0 bridgehead atoms. The smallest absolute Gasteiger partial charge is 0.227 e. The molecule has 0 radical (unpaired) electrons. The van der Waals surface area contributed by atoms with Gasteiger partial charge in [-0.1, -0.05) is 0 Å². The summed E-state index contributed by atoms with van der Waals surface area (Å²) in [4.78, 5) is 11.5.